The Morgan fingerprint density at radius 1 is 1.47 bits per heavy atom. The summed E-state index contributed by atoms with van der Waals surface area (Å²) >= 11 is 7.98. The number of aliphatic hydroxyl groups excluding tert-OH is 1. The zero-order valence-electron chi connectivity index (χ0n) is 9.64. The van der Waals surface area contributed by atoms with Crippen LogP contribution in [0.2, 0.25) is 5.02 Å². The fourth-order valence-corrected chi connectivity index (χ4v) is 3.59. The van der Waals surface area contributed by atoms with E-state index < -0.39 is 0 Å². The van der Waals surface area contributed by atoms with Crippen LogP contribution in [0.5, 0.6) is 5.75 Å². The highest BCUT2D eigenvalue weighted by Crippen LogP contribution is 2.31. The van der Waals surface area contributed by atoms with Crippen molar-refractivity contribution in [2.24, 2.45) is 11.8 Å². The molecule has 2 atom stereocenters. The lowest BCUT2D eigenvalue weighted by Crippen LogP contribution is -2.25. The molecule has 0 spiro atoms. The lowest BCUT2D eigenvalue weighted by atomic mass is 9.93. The molecule has 94 valence electrons. The van der Waals surface area contributed by atoms with E-state index in [9.17, 15) is 5.11 Å². The number of aliphatic hydroxyl groups is 1. The van der Waals surface area contributed by atoms with Gasteiger partial charge in [0.05, 0.1) is 11.6 Å². The Labute approximate surface area is 111 Å². The zero-order valence-corrected chi connectivity index (χ0v) is 11.2. The Bertz CT molecular complexity index is 353. The van der Waals surface area contributed by atoms with Gasteiger partial charge in [-0.1, -0.05) is 23.7 Å². The molecule has 1 fully saturated rings. The first-order valence-electron chi connectivity index (χ1n) is 5.87. The van der Waals surface area contributed by atoms with Gasteiger partial charge in [-0.15, -0.1) is 0 Å². The molecule has 2 rings (SSSR count). The quantitative estimate of drug-likeness (QED) is 0.893. The zero-order chi connectivity index (χ0) is 12.1. The summed E-state index contributed by atoms with van der Waals surface area (Å²) in [5, 5.41) is 10.0. The van der Waals surface area contributed by atoms with Crippen molar-refractivity contribution in [2.75, 3.05) is 24.7 Å². The molecule has 2 nitrogen and oxygen atoms in total. The van der Waals surface area contributed by atoms with Crippen molar-refractivity contribution < 1.29 is 9.84 Å². The highest BCUT2D eigenvalue weighted by Gasteiger charge is 2.25. The molecule has 4 heteroatoms. The minimum Gasteiger partial charge on any atom is -0.492 e. The molecular formula is C13H17ClO2S. The predicted molar refractivity (Wildman–Crippen MR) is 73.0 cm³/mol. The molecule has 0 aliphatic carbocycles. The first-order valence-corrected chi connectivity index (χ1v) is 7.40. The molecule has 0 aromatic heterocycles. The molecule has 1 aromatic carbocycles. The molecule has 1 N–H and O–H groups in total. The fraction of sp³-hybridized carbons (Fsp3) is 0.538. The molecule has 0 bridgehead atoms. The lowest BCUT2D eigenvalue weighted by Gasteiger charge is -2.21. The second-order valence-corrected chi connectivity index (χ2v) is 5.86. The first kappa shape index (κ1) is 13.1. The van der Waals surface area contributed by atoms with Crippen LogP contribution in [0.1, 0.15) is 6.42 Å². The largest absolute Gasteiger partial charge is 0.492 e. The number of halogens is 1. The summed E-state index contributed by atoms with van der Waals surface area (Å²) in [5.74, 6) is 3.84. The molecule has 1 heterocycles. The maximum atomic E-state index is 9.41. The smallest absolute Gasteiger partial charge is 0.137 e. The molecule has 1 aliphatic heterocycles. The average Bonchev–Trinajstić information content (AvgIpc) is 2.86. The van der Waals surface area contributed by atoms with E-state index in [1.165, 1.54) is 12.2 Å². The van der Waals surface area contributed by atoms with E-state index in [0.717, 1.165) is 5.75 Å². The summed E-state index contributed by atoms with van der Waals surface area (Å²) in [6, 6.07) is 7.46. The summed E-state index contributed by atoms with van der Waals surface area (Å²) < 4.78 is 5.70. The highest BCUT2D eigenvalue weighted by molar-refractivity contribution is 7.99. The van der Waals surface area contributed by atoms with E-state index in [-0.39, 0.29) is 12.5 Å². The van der Waals surface area contributed by atoms with Crippen LogP contribution >= 0.6 is 23.4 Å². The summed E-state index contributed by atoms with van der Waals surface area (Å²) in [6.07, 6.45) is 1.18. The van der Waals surface area contributed by atoms with Crippen molar-refractivity contribution in [3.05, 3.63) is 29.3 Å². The van der Waals surface area contributed by atoms with Crippen molar-refractivity contribution in [1.29, 1.82) is 0 Å². The number of para-hydroxylation sites is 1. The molecule has 17 heavy (non-hydrogen) atoms. The van der Waals surface area contributed by atoms with E-state index in [2.05, 4.69) is 0 Å². The maximum absolute atomic E-state index is 9.41. The Balaban J connectivity index is 1.89. The summed E-state index contributed by atoms with van der Waals surface area (Å²) in [7, 11) is 0. The second kappa shape index (κ2) is 6.53. The standard InChI is InChI=1S/C13H17ClO2S/c14-12-3-1-2-4-13(12)16-8-11(7-15)10-5-6-17-9-10/h1-4,10-11,15H,5-9H2. The first-order chi connectivity index (χ1) is 8.31. The van der Waals surface area contributed by atoms with Crippen LogP contribution in [-0.2, 0) is 0 Å². The Morgan fingerprint density at radius 3 is 2.94 bits per heavy atom. The van der Waals surface area contributed by atoms with Gasteiger partial charge in [-0.2, -0.15) is 11.8 Å². The predicted octanol–water partition coefficient (Wildman–Crippen LogP) is 3.08. The van der Waals surface area contributed by atoms with Gasteiger partial charge in [0.15, 0.2) is 0 Å². The molecular weight excluding hydrogens is 256 g/mol. The maximum Gasteiger partial charge on any atom is 0.137 e. The van der Waals surface area contributed by atoms with E-state index in [0.29, 0.717) is 23.3 Å². The van der Waals surface area contributed by atoms with E-state index in [1.54, 1.807) is 0 Å². The number of thioether (sulfide) groups is 1. The van der Waals surface area contributed by atoms with E-state index in [4.69, 9.17) is 16.3 Å². The highest BCUT2D eigenvalue weighted by atomic mass is 35.5. The van der Waals surface area contributed by atoms with E-state index in [1.807, 2.05) is 36.0 Å². The van der Waals surface area contributed by atoms with Gasteiger partial charge in [-0.3, -0.25) is 0 Å². The number of rotatable bonds is 5. The Morgan fingerprint density at radius 2 is 2.29 bits per heavy atom. The number of hydrogen-bond acceptors (Lipinski definition) is 3. The normalized spacial score (nSPS) is 21.4. The van der Waals surface area contributed by atoms with Crippen molar-refractivity contribution in [2.45, 2.75) is 6.42 Å². The molecule has 0 radical (unpaired) electrons. The van der Waals surface area contributed by atoms with Gasteiger partial charge in [-0.25, -0.2) is 0 Å². The van der Waals surface area contributed by atoms with Gasteiger partial charge < -0.3 is 9.84 Å². The van der Waals surface area contributed by atoms with Crippen molar-refractivity contribution in [1.82, 2.24) is 0 Å². The fourth-order valence-electron chi connectivity index (χ4n) is 2.02. The third kappa shape index (κ3) is 3.54. The molecule has 0 amide bonds. The second-order valence-electron chi connectivity index (χ2n) is 4.31. The van der Waals surface area contributed by atoms with Crippen molar-refractivity contribution in [3.8, 4) is 5.75 Å². The van der Waals surface area contributed by atoms with Gasteiger partial charge in [0.25, 0.3) is 0 Å². The van der Waals surface area contributed by atoms with Gasteiger partial charge in [0.1, 0.15) is 5.75 Å². The summed E-state index contributed by atoms with van der Waals surface area (Å²) in [6.45, 7) is 0.737. The molecule has 1 saturated heterocycles. The van der Waals surface area contributed by atoms with Crippen LogP contribution < -0.4 is 4.74 Å². The summed E-state index contributed by atoms with van der Waals surface area (Å²) in [5.41, 5.74) is 0. The van der Waals surface area contributed by atoms with Crippen LogP contribution in [0.25, 0.3) is 0 Å². The van der Waals surface area contributed by atoms with Crippen LogP contribution in [-0.4, -0.2) is 29.8 Å². The minimum atomic E-state index is 0.190. The minimum absolute atomic E-state index is 0.190. The Hall–Kier alpha value is -0.380. The van der Waals surface area contributed by atoms with Crippen LogP contribution in [0.15, 0.2) is 24.3 Å². The number of ether oxygens (including phenoxy) is 1. The number of hydrogen-bond donors (Lipinski definition) is 1. The topological polar surface area (TPSA) is 29.5 Å². The van der Waals surface area contributed by atoms with Crippen molar-refractivity contribution in [3.63, 3.8) is 0 Å². The molecule has 2 unspecified atom stereocenters. The third-order valence-corrected chi connectivity index (χ3v) is 4.66. The van der Waals surface area contributed by atoms with Crippen LogP contribution in [0, 0.1) is 11.8 Å². The monoisotopic (exact) mass is 272 g/mol. The third-order valence-electron chi connectivity index (χ3n) is 3.16. The SMILES string of the molecule is OCC(COc1ccccc1Cl)C1CCSC1. The van der Waals surface area contributed by atoms with Crippen LogP contribution in [0.3, 0.4) is 0 Å². The van der Waals surface area contributed by atoms with Gasteiger partial charge >= 0.3 is 0 Å². The molecule has 1 aliphatic rings. The van der Waals surface area contributed by atoms with Crippen molar-refractivity contribution >= 4 is 23.4 Å². The van der Waals surface area contributed by atoms with E-state index >= 15 is 0 Å². The lowest BCUT2D eigenvalue weighted by molar-refractivity contribution is 0.126. The Kier molecular flexibility index (Phi) is 5.01. The van der Waals surface area contributed by atoms with Gasteiger partial charge in [0.2, 0.25) is 0 Å². The van der Waals surface area contributed by atoms with Crippen LogP contribution in [0.4, 0.5) is 0 Å². The van der Waals surface area contributed by atoms with Gasteiger partial charge in [-0.05, 0) is 36.0 Å². The number of benzene rings is 1. The molecule has 1 aromatic rings. The molecule has 0 saturated carbocycles. The average molecular weight is 273 g/mol. The van der Waals surface area contributed by atoms with Gasteiger partial charge in [0, 0.05) is 12.5 Å². The summed E-state index contributed by atoms with van der Waals surface area (Å²) in [4.78, 5) is 0.